The SMILES string of the molecule is Cc1ccc(C(N)c2ccc3c(c2)CC(C)(C)O3)o1. The molecule has 0 aliphatic carbocycles. The van der Waals surface area contributed by atoms with Gasteiger partial charge >= 0.3 is 0 Å². The van der Waals surface area contributed by atoms with Gasteiger partial charge < -0.3 is 14.9 Å². The van der Waals surface area contributed by atoms with Crippen molar-refractivity contribution in [2.45, 2.75) is 38.8 Å². The van der Waals surface area contributed by atoms with E-state index in [1.165, 1.54) is 5.56 Å². The molecule has 1 atom stereocenters. The maximum absolute atomic E-state index is 6.26. The molecule has 2 aromatic rings. The zero-order chi connectivity index (χ0) is 13.6. The van der Waals surface area contributed by atoms with E-state index in [2.05, 4.69) is 19.9 Å². The van der Waals surface area contributed by atoms with Gasteiger partial charge in [0.15, 0.2) is 0 Å². The highest BCUT2D eigenvalue weighted by Crippen LogP contribution is 2.36. The summed E-state index contributed by atoms with van der Waals surface area (Å²) in [5.74, 6) is 2.66. The summed E-state index contributed by atoms with van der Waals surface area (Å²) in [5.41, 5.74) is 8.43. The molecule has 0 radical (unpaired) electrons. The van der Waals surface area contributed by atoms with Crippen LogP contribution in [-0.4, -0.2) is 5.60 Å². The molecule has 1 aliphatic rings. The van der Waals surface area contributed by atoms with Crippen molar-refractivity contribution >= 4 is 0 Å². The van der Waals surface area contributed by atoms with Crippen molar-refractivity contribution in [1.29, 1.82) is 0 Å². The van der Waals surface area contributed by atoms with E-state index in [4.69, 9.17) is 14.9 Å². The largest absolute Gasteiger partial charge is 0.487 e. The molecule has 0 amide bonds. The molecule has 0 spiro atoms. The van der Waals surface area contributed by atoms with Crippen LogP contribution in [0.1, 0.15) is 42.5 Å². The van der Waals surface area contributed by atoms with Crippen molar-refractivity contribution in [3.8, 4) is 5.75 Å². The van der Waals surface area contributed by atoms with Crippen LogP contribution in [0.3, 0.4) is 0 Å². The predicted molar refractivity (Wildman–Crippen MR) is 74.3 cm³/mol. The molecule has 1 aromatic heterocycles. The van der Waals surface area contributed by atoms with E-state index < -0.39 is 0 Å². The van der Waals surface area contributed by atoms with Gasteiger partial charge in [-0.05, 0) is 56.2 Å². The molecule has 1 aromatic carbocycles. The smallest absolute Gasteiger partial charge is 0.125 e. The number of nitrogens with two attached hydrogens (primary N) is 1. The molecule has 3 heteroatoms. The summed E-state index contributed by atoms with van der Waals surface area (Å²) in [5, 5.41) is 0. The highest BCUT2D eigenvalue weighted by Gasteiger charge is 2.30. The van der Waals surface area contributed by atoms with Crippen LogP contribution in [0, 0.1) is 6.92 Å². The Balaban J connectivity index is 1.92. The summed E-state index contributed by atoms with van der Waals surface area (Å²) in [6.45, 7) is 6.13. The number of hydrogen-bond acceptors (Lipinski definition) is 3. The maximum Gasteiger partial charge on any atom is 0.125 e. The fourth-order valence-electron chi connectivity index (χ4n) is 2.61. The second-order valence-corrected chi connectivity index (χ2v) is 5.83. The first-order chi connectivity index (χ1) is 8.94. The van der Waals surface area contributed by atoms with Crippen molar-refractivity contribution in [1.82, 2.24) is 0 Å². The monoisotopic (exact) mass is 257 g/mol. The third kappa shape index (κ3) is 2.26. The van der Waals surface area contributed by atoms with Crippen LogP contribution in [0.5, 0.6) is 5.75 Å². The number of benzene rings is 1. The Bertz CT molecular complexity index is 613. The minimum atomic E-state index is -0.220. The van der Waals surface area contributed by atoms with E-state index in [9.17, 15) is 0 Å². The molecule has 2 N–H and O–H groups in total. The zero-order valence-corrected chi connectivity index (χ0v) is 11.6. The van der Waals surface area contributed by atoms with Gasteiger partial charge in [-0.1, -0.05) is 6.07 Å². The van der Waals surface area contributed by atoms with Gasteiger partial charge in [-0.25, -0.2) is 0 Å². The van der Waals surface area contributed by atoms with Gasteiger partial charge in [0.1, 0.15) is 22.9 Å². The van der Waals surface area contributed by atoms with Gasteiger partial charge in [0.2, 0.25) is 0 Å². The summed E-state index contributed by atoms with van der Waals surface area (Å²) in [7, 11) is 0. The second kappa shape index (κ2) is 4.14. The van der Waals surface area contributed by atoms with Gasteiger partial charge in [0.05, 0.1) is 6.04 Å². The number of aryl methyl sites for hydroxylation is 1. The normalized spacial score (nSPS) is 17.9. The molecular formula is C16H19NO2. The van der Waals surface area contributed by atoms with Crippen LogP contribution in [-0.2, 0) is 6.42 Å². The third-order valence-electron chi connectivity index (χ3n) is 3.51. The first-order valence-electron chi connectivity index (χ1n) is 6.58. The molecular weight excluding hydrogens is 238 g/mol. The zero-order valence-electron chi connectivity index (χ0n) is 11.6. The molecule has 19 heavy (non-hydrogen) atoms. The van der Waals surface area contributed by atoms with Crippen LogP contribution in [0.2, 0.25) is 0 Å². The van der Waals surface area contributed by atoms with Crippen LogP contribution < -0.4 is 10.5 Å². The number of furan rings is 1. The molecule has 0 bridgehead atoms. The van der Waals surface area contributed by atoms with Crippen molar-refractivity contribution in [3.05, 3.63) is 53.0 Å². The lowest BCUT2D eigenvalue weighted by molar-refractivity contribution is 0.138. The number of hydrogen-bond donors (Lipinski definition) is 1. The minimum Gasteiger partial charge on any atom is -0.487 e. The highest BCUT2D eigenvalue weighted by molar-refractivity contribution is 5.43. The van der Waals surface area contributed by atoms with E-state index in [1.54, 1.807) is 0 Å². The van der Waals surface area contributed by atoms with Crippen molar-refractivity contribution < 1.29 is 9.15 Å². The highest BCUT2D eigenvalue weighted by atomic mass is 16.5. The molecule has 0 fully saturated rings. The summed E-state index contributed by atoms with van der Waals surface area (Å²) in [6, 6.07) is 9.81. The lowest BCUT2D eigenvalue weighted by atomic mass is 9.97. The topological polar surface area (TPSA) is 48.4 Å². The molecule has 1 unspecified atom stereocenters. The van der Waals surface area contributed by atoms with Crippen LogP contribution >= 0.6 is 0 Å². The minimum absolute atomic E-state index is 0.119. The Kier molecular flexibility index (Phi) is 2.68. The summed E-state index contributed by atoms with van der Waals surface area (Å²) < 4.78 is 11.5. The van der Waals surface area contributed by atoms with E-state index >= 15 is 0 Å². The first-order valence-corrected chi connectivity index (χ1v) is 6.58. The standard InChI is InChI=1S/C16H19NO2/c1-10-4-6-14(18-10)15(17)11-5-7-13-12(8-11)9-16(2,3)19-13/h4-8,15H,9,17H2,1-3H3. The number of ether oxygens (including phenoxy) is 1. The molecule has 3 rings (SSSR count). The number of fused-ring (bicyclic) bond motifs is 1. The Labute approximate surface area is 113 Å². The Morgan fingerprint density at radius 1 is 1.21 bits per heavy atom. The fourth-order valence-corrected chi connectivity index (χ4v) is 2.61. The van der Waals surface area contributed by atoms with Gasteiger partial charge in [0, 0.05) is 6.42 Å². The molecule has 1 aliphatic heterocycles. The quantitative estimate of drug-likeness (QED) is 0.897. The summed E-state index contributed by atoms with van der Waals surface area (Å²) in [6.07, 6.45) is 0.917. The predicted octanol–water partition coefficient (Wildman–Crippen LogP) is 3.35. The van der Waals surface area contributed by atoms with Crippen LogP contribution in [0.4, 0.5) is 0 Å². The average molecular weight is 257 g/mol. The van der Waals surface area contributed by atoms with E-state index in [1.807, 2.05) is 31.2 Å². The average Bonchev–Trinajstić information content (AvgIpc) is 2.88. The van der Waals surface area contributed by atoms with E-state index in [0.717, 1.165) is 29.3 Å². The van der Waals surface area contributed by atoms with E-state index in [-0.39, 0.29) is 11.6 Å². The number of rotatable bonds is 2. The molecule has 3 nitrogen and oxygen atoms in total. The maximum atomic E-state index is 6.26. The lowest BCUT2D eigenvalue weighted by Crippen LogP contribution is -2.24. The first kappa shape index (κ1) is 12.3. The Morgan fingerprint density at radius 2 is 2.00 bits per heavy atom. The van der Waals surface area contributed by atoms with Gasteiger partial charge in [-0.2, -0.15) is 0 Å². The molecule has 0 saturated heterocycles. The van der Waals surface area contributed by atoms with Gasteiger partial charge in [-0.15, -0.1) is 0 Å². The lowest BCUT2D eigenvalue weighted by Gasteiger charge is -2.16. The summed E-state index contributed by atoms with van der Waals surface area (Å²) in [4.78, 5) is 0. The fraction of sp³-hybridized carbons (Fsp3) is 0.375. The van der Waals surface area contributed by atoms with Gasteiger partial charge in [-0.3, -0.25) is 0 Å². The molecule has 100 valence electrons. The second-order valence-electron chi connectivity index (χ2n) is 5.83. The summed E-state index contributed by atoms with van der Waals surface area (Å²) >= 11 is 0. The van der Waals surface area contributed by atoms with Crippen molar-refractivity contribution in [2.75, 3.05) is 0 Å². The van der Waals surface area contributed by atoms with Gasteiger partial charge in [0.25, 0.3) is 0 Å². The van der Waals surface area contributed by atoms with E-state index in [0.29, 0.717) is 0 Å². The van der Waals surface area contributed by atoms with Crippen molar-refractivity contribution in [2.24, 2.45) is 5.73 Å². The molecule has 2 heterocycles. The van der Waals surface area contributed by atoms with Crippen LogP contribution in [0.15, 0.2) is 34.7 Å². The van der Waals surface area contributed by atoms with Crippen LogP contribution in [0.25, 0.3) is 0 Å². The molecule has 0 saturated carbocycles. The third-order valence-corrected chi connectivity index (χ3v) is 3.51. The Morgan fingerprint density at radius 3 is 2.68 bits per heavy atom. The Hall–Kier alpha value is -1.74. The van der Waals surface area contributed by atoms with Crippen molar-refractivity contribution in [3.63, 3.8) is 0 Å².